The van der Waals surface area contributed by atoms with Gasteiger partial charge in [-0.3, -0.25) is 19.4 Å². The zero-order valence-electron chi connectivity index (χ0n) is 19.1. The molecule has 3 aromatic carbocycles. The maximum Gasteiger partial charge on any atom is 0.278 e. The van der Waals surface area contributed by atoms with Gasteiger partial charge < -0.3 is 5.32 Å². The second kappa shape index (κ2) is 10.0. The lowest BCUT2D eigenvalue weighted by molar-refractivity contribution is -0.112. The van der Waals surface area contributed by atoms with Crippen molar-refractivity contribution >= 4 is 28.9 Å². The number of amides is 2. The quantitative estimate of drug-likeness (QED) is 0.598. The molecule has 0 bridgehead atoms. The van der Waals surface area contributed by atoms with Crippen LogP contribution in [0.1, 0.15) is 40.7 Å². The van der Waals surface area contributed by atoms with Crippen LogP contribution in [0.15, 0.2) is 83.9 Å². The van der Waals surface area contributed by atoms with Gasteiger partial charge in [-0.1, -0.05) is 55.0 Å². The summed E-state index contributed by atoms with van der Waals surface area (Å²) in [4.78, 5) is 34.7. The molecule has 0 aromatic heterocycles. The van der Waals surface area contributed by atoms with Gasteiger partial charge in [-0.15, -0.1) is 0 Å². The SMILES string of the molecule is O=C(NCc1ccccc1)c1ccc(N=C2C(=O)N(CN3CCCCC3)c3ccccc32)cc1. The van der Waals surface area contributed by atoms with Gasteiger partial charge in [0.25, 0.3) is 11.8 Å². The summed E-state index contributed by atoms with van der Waals surface area (Å²) in [5.41, 5.74) is 4.48. The minimum absolute atomic E-state index is 0.0727. The van der Waals surface area contributed by atoms with Crippen molar-refractivity contribution in [3.8, 4) is 0 Å². The van der Waals surface area contributed by atoms with Gasteiger partial charge >= 0.3 is 0 Å². The molecule has 2 aliphatic rings. The Labute approximate surface area is 199 Å². The highest BCUT2D eigenvalue weighted by atomic mass is 16.2. The van der Waals surface area contributed by atoms with E-state index < -0.39 is 0 Å². The normalized spacial score (nSPS) is 17.1. The van der Waals surface area contributed by atoms with Crippen molar-refractivity contribution in [1.82, 2.24) is 10.2 Å². The van der Waals surface area contributed by atoms with Crippen LogP contribution in [0.5, 0.6) is 0 Å². The van der Waals surface area contributed by atoms with Gasteiger partial charge in [0.05, 0.1) is 18.0 Å². The molecule has 6 nitrogen and oxygen atoms in total. The minimum atomic E-state index is -0.141. The van der Waals surface area contributed by atoms with Crippen LogP contribution in [0.4, 0.5) is 11.4 Å². The highest BCUT2D eigenvalue weighted by molar-refractivity contribution is 6.54. The molecule has 172 valence electrons. The number of nitrogens with one attached hydrogen (secondary N) is 1. The third-order valence-corrected chi connectivity index (χ3v) is 6.35. The van der Waals surface area contributed by atoms with Gasteiger partial charge in [0.2, 0.25) is 0 Å². The van der Waals surface area contributed by atoms with E-state index in [-0.39, 0.29) is 11.8 Å². The molecule has 0 unspecified atom stereocenters. The molecular weight excluding hydrogens is 424 g/mol. The topological polar surface area (TPSA) is 65.0 Å². The number of rotatable bonds is 6. The fourth-order valence-corrected chi connectivity index (χ4v) is 4.51. The zero-order valence-corrected chi connectivity index (χ0v) is 19.1. The highest BCUT2D eigenvalue weighted by Crippen LogP contribution is 2.31. The van der Waals surface area contributed by atoms with Crippen molar-refractivity contribution in [2.24, 2.45) is 4.99 Å². The smallest absolute Gasteiger partial charge is 0.278 e. The highest BCUT2D eigenvalue weighted by Gasteiger charge is 2.34. The number of likely N-dealkylation sites (tertiary alicyclic amines) is 1. The van der Waals surface area contributed by atoms with E-state index in [1.165, 1.54) is 19.3 Å². The molecule has 2 heterocycles. The van der Waals surface area contributed by atoms with Gasteiger partial charge in [0, 0.05) is 17.7 Å². The molecule has 0 radical (unpaired) electrons. The van der Waals surface area contributed by atoms with E-state index in [4.69, 9.17) is 4.99 Å². The number of carbonyl (C=O) groups excluding carboxylic acids is 2. The van der Waals surface area contributed by atoms with Crippen LogP contribution < -0.4 is 10.2 Å². The Morgan fingerprint density at radius 2 is 1.56 bits per heavy atom. The number of nitrogens with zero attached hydrogens (tertiary/aromatic N) is 3. The van der Waals surface area contributed by atoms with Crippen molar-refractivity contribution in [2.45, 2.75) is 25.8 Å². The fraction of sp³-hybridized carbons (Fsp3) is 0.250. The Morgan fingerprint density at radius 1 is 0.853 bits per heavy atom. The van der Waals surface area contributed by atoms with Crippen LogP contribution in [0.25, 0.3) is 0 Å². The van der Waals surface area contributed by atoms with E-state index in [2.05, 4.69) is 10.2 Å². The fourth-order valence-electron chi connectivity index (χ4n) is 4.51. The van der Waals surface area contributed by atoms with Gasteiger partial charge in [-0.2, -0.15) is 0 Å². The maximum absolute atomic E-state index is 13.3. The van der Waals surface area contributed by atoms with E-state index in [0.717, 1.165) is 29.9 Å². The zero-order chi connectivity index (χ0) is 23.3. The molecule has 1 fully saturated rings. The van der Waals surface area contributed by atoms with Crippen molar-refractivity contribution < 1.29 is 9.59 Å². The Bertz CT molecular complexity index is 1200. The summed E-state index contributed by atoms with van der Waals surface area (Å²) in [6.45, 7) is 3.11. The maximum atomic E-state index is 13.3. The number of aliphatic imine (C=N–C) groups is 1. The van der Waals surface area contributed by atoms with Crippen LogP contribution in [-0.4, -0.2) is 42.2 Å². The summed E-state index contributed by atoms with van der Waals surface area (Å²) in [7, 11) is 0. The Kier molecular flexibility index (Phi) is 6.49. The number of para-hydroxylation sites is 1. The molecule has 0 spiro atoms. The van der Waals surface area contributed by atoms with E-state index in [1.807, 2.05) is 59.5 Å². The molecule has 5 rings (SSSR count). The van der Waals surface area contributed by atoms with Crippen LogP contribution in [-0.2, 0) is 11.3 Å². The third-order valence-electron chi connectivity index (χ3n) is 6.35. The number of benzene rings is 3. The predicted molar refractivity (Wildman–Crippen MR) is 134 cm³/mol. The standard InChI is InChI=1S/C28H28N4O2/c33-27(29-19-21-9-3-1-4-10-21)22-13-15-23(16-14-22)30-26-24-11-5-6-12-25(24)32(28(26)34)20-31-17-7-2-8-18-31/h1,3-6,9-16H,2,7-8,17-20H2,(H,29,33). The van der Waals surface area contributed by atoms with Crippen LogP contribution in [0, 0.1) is 0 Å². The molecule has 0 atom stereocenters. The van der Waals surface area contributed by atoms with Crippen LogP contribution in [0.3, 0.4) is 0 Å². The molecule has 6 heteroatoms. The second-order valence-corrected chi connectivity index (χ2v) is 8.75. The second-order valence-electron chi connectivity index (χ2n) is 8.75. The monoisotopic (exact) mass is 452 g/mol. The number of carbonyl (C=O) groups is 2. The van der Waals surface area contributed by atoms with Crippen LogP contribution in [0.2, 0.25) is 0 Å². The lowest BCUT2D eigenvalue weighted by atomic mass is 10.1. The Balaban J connectivity index is 1.31. The number of hydrogen-bond acceptors (Lipinski definition) is 4. The predicted octanol–water partition coefficient (Wildman–Crippen LogP) is 4.53. The Morgan fingerprint density at radius 3 is 2.32 bits per heavy atom. The van der Waals surface area contributed by atoms with Gasteiger partial charge in [0.15, 0.2) is 0 Å². The Hall–Kier alpha value is -3.77. The first-order chi connectivity index (χ1) is 16.7. The van der Waals surface area contributed by atoms with E-state index in [0.29, 0.717) is 30.2 Å². The minimum Gasteiger partial charge on any atom is -0.348 e. The molecule has 1 saturated heterocycles. The summed E-state index contributed by atoms with van der Waals surface area (Å²) >= 11 is 0. The first-order valence-electron chi connectivity index (χ1n) is 11.8. The van der Waals surface area contributed by atoms with E-state index in [9.17, 15) is 9.59 Å². The number of anilines is 1. The molecule has 34 heavy (non-hydrogen) atoms. The molecule has 2 amide bonds. The number of hydrogen-bond donors (Lipinski definition) is 1. The average Bonchev–Trinajstić information content (AvgIpc) is 3.15. The largest absolute Gasteiger partial charge is 0.348 e. The molecule has 3 aromatic rings. The molecular formula is C28H28N4O2. The molecule has 1 N–H and O–H groups in total. The first-order valence-corrected chi connectivity index (χ1v) is 11.8. The number of piperidine rings is 1. The van der Waals surface area contributed by atoms with Gasteiger partial charge in [-0.05, 0) is 61.8 Å². The first kappa shape index (κ1) is 22.0. The van der Waals surface area contributed by atoms with Crippen molar-refractivity contribution in [1.29, 1.82) is 0 Å². The summed E-state index contributed by atoms with van der Waals surface area (Å²) in [6, 6.07) is 24.7. The number of fused-ring (bicyclic) bond motifs is 1. The summed E-state index contributed by atoms with van der Waals surface area (Å²) in [5.74, 6) is -0.213. The van der Waals surface area contributed by atoms with Crippen LogP contribution >= 0.6 is 0 Å². The third kappa shape index (κ3) is 4.77. The van der Waals surface area contributed by atoms with Crippen molar-refractivity contribution in [2.75, 3.05) is 24.7 Å². The summed E-state index contributed by atoms with van der Waals surface area (Å²) in [5, 5.41) is 2.93. The lowest BCUT2D eigenvalue weighted by Gasteiger charge is -2.30. The van der Waals surface area contributed by atoms with E-state index in [1.54, 1.807) is 24.3 Å². The van der Waals surface area contributed by atoms with Gasteiger partial charge in [0.1, 0.15) is 5.71 Å². The van der Waals surface area contributed by atoms with Crippen molar-refractivity contribution in [3.63, 3.8) is 0 Å². The summed E-state index contributed by atoms with van der Waals surface area (Å²) in [6.07, 6.45) is 3.61. The van der Waals surface area contributed by atoms with Gasteiger partial charge in [-0.25, -0.2) is 4.99 Å². The molecule has 0 saturated carbocycles. The molecule has 2 aliphatic heterocycles. The molecule has 0 aliphatic carbocycles. The van der Waals surface area contributed by atoms with E-state index >= 15 is 0 Å². The summed E-state index contributed by atoms with van der Waals surface area (Å²) < 4.78 is 0. The average molecular weight is 453 g/mol. The van der Waals surface area contributed by atoms with Crippen molar-refractivity contribution in [3.05, 3.63) is 95.6 Å². The lowest BCUT2D eigenvalue weighted by Crippen LogP contribution is -2.43.